The van der Waals surface area contributed by atoms with Gasteiger partial charge in [0, 0.05) is 30.4 Å². The summed E-state index contributed by atoms with van der Waals surface area (Å²) in [7, 11) is 0. The van der Waals surface area contributed by atoms with Crippen LogP contribution in [0.4, 0.5) is 5.82 Å². The first-order valence-corrected chi connectivity index (χ1v) is 7.88. The smallest absolute Gasteiger partial charge is 0.137 e. The molecule has 0 saturated heterocycles. The van der Waals surface area contributed by atoms with E-state index in [4.69, 9.17) is 0 Å². The fourth-order valence-corrected chi connectivity index (χ4v) is 2.35. The number of rotatable bonds is 5. The van der Waals surface area contributed by atoms with Gasteiger partial charge in [0.15, 0.2) is 0 Å². The number of nitrogens with one attached hydrogen (secondary N) is 1. The van der Waals surface area contributed by atoms with Crippen molar-refractivity contribution in [3.63, 3.8) is 0 Å². The number of anilines is 1. The van der Waals surface area contributed by atoms with E-state index in [9.17, 15) is 0 Å². The van der Waals surface area contributed by atoms with Crippen LogP contribution in [-0.2, 0) is 5.41 Å². The molecule has 2 aromatic rings. The van der Waals surface area contributed by atoms with Gasteiger partial charge < -0.3 is 5.32 Å². The fourth-order valence-electron chi connectivity index (χ4n) is 1.60. The van der Waals surface area contributed by atoms with Gasteiger partial charge >= 0.3 is 0 Å². The number of hydrogen-bond acceptors (Lipinski definition) is 6. The van der Waals surface area contributed by atoms with Crippen LogP contribution in [0.25, 0.3) is 0 Å². The van der Waals surface area contributed by atoms with E-state index in [0.717, 1.165) is 34.7 Å². The molecule has 2 heterocycles. The summed E-state index contributed by atoms with van der Waals surface area (Å²) in [6.07, 6.45) is 6.15. The molecule has 0 fully saturated rings. The maximum atomic E-state index is 4.65. The molecule has 5 nitrogen and oxygen atoms in total. The van der Waals surface area contributed by atoms with Crippen molar-refractivity contribution in [1.29, 1.82) is 0 Å². The molecule has 0 saturated carbocycles. The van der Waals surface area contributed by atoms with Crippen molar-refractivity contribution in [3.8, 4) is 0 Å². The standard InChI is InChI=1S/C15H21N5S/c1-5-6-17-11-9-12(20-14(19-11)15(2,3)4)21-13-10-16-7-8-18-13/h7-10H,5-6H2,1-4H3,(H,17,19,20). The minimum absolute atomic E-state index is 0.0957. The topological polar surface area (TPSA) is 63.6 Å². The van der Waals surface area contributed by atoms with Crippen molar-refractivity contribution < 1.29 is 0 Å². The molecule has 0 amide bonds. The van der Waals surface area contributed by atoms with Crippen LogP contribution in [0.3, 0.4) is 0 Å². The molecule has 0 aliphatic rings. The average Bonchev–Trinajstić information content (AvgIpc) is 2.45. The molecule has 2 aromatic heterocycles. The van der Waals surface area contributed by atoms with Crippen molar-refractivity contribution in [2.24, 2.45) is 0 Å². The largest absolute Gasteiger partial charge is 0.370 e. The van der Waals surface area contributed by atoms with E-state index in [1.165, 1.54) is 11.8 Å². The van der Waals surface area contributed by atoms with Gasteiger partial charge in [0.2, 0.25) is 0 Å². The van der Waals surface area contributed by atoms with Gasteiger partial charge in [-0.25, -0.2) is 15.0 Å². The van der Waals surface area contributed by atoms with Gasteiger partial charge in [-0.05, 0) is 18.2 Å². The van der Waals surface area contributed by atoms with Crippen LogP contribution in [0.15, 0.2) is 34.7 Å². The van der Waals surface area contributed by atoms with E-state index in [0.29, 0.717) is 0 Å². The number of aromatic nitrogens is 4. The third-order valence-corrected chi connectivity index (χ3v) is 3.52. The Bertz CT molecular complexity index is 580. The van der Waals surface area contributed by atoms with Crippen LogP contribution in [0.5, 0.6) is 0 Å². The maximum Gasteiger partial charge on any atom is 0.137 e. The molecular weight excluding hydrogens is 282 g/mol. The molecule has 0 bridgehead atoms. The molecule has 0 radical (unpaired) electrons. The van der Waals surface area contributed by atoms with Gasteiger partial charge in [-0.15, -0.1) is 0 Å². The Morgan fingerprint density at radius 2 is 1.95 bits per heavy atom. The highest BCUT2D eigenvalue weighted by Gasteiger charge is 2.19. The lowest BCUT2D eigenvalue weighted by atomic mass is 9.96. The van der Waals surface area contributed by atoms with Crippen LogP contribution < -0.4 is 5.32 Å². The fraction of sp³-hybridized carbons (Fsp3) is 0.467. The Hall–Kier alpha value is -1.69. The van der Waals surface area contributed by atoms with Crippen LogP contribution in [0.2, 0.25) is 0 Å². The summed E-state index contributed by atoms with van der Waals surface area (Å²) in [4.78, 5) is 17.6. The van der Waals surface area contributed by atoms with Gasteiger partial charge in [-0.3, -0.25) is 4.98 Å². The molecule has 0 atom stereocenters. The van der Waals surface area contributed by atoms with E-state index < -0.39 is 0 Å². The summed E-state index contributed by atoms with van der Waals surface area (Å²) in [6.45, 7) is 9.37. The first-order valence-electron chi connectivity index (χ1n) is 7.06. The van der Waals surface area contributed by atoms with Gasteiger partial charge in [-0.1, -0.05) is 27.7 Å². The van der Waals surface area contributed by atoms with E-state index in [1.54, 1.807) is 18.6 Å². The lowest BCUT2D eigenvalue weighted by Crippen LogP contribution is -2.17. The summed E-state index contributed by atoms with van der Waals surface area (Å²) in [5.41, 5.74) is -0.0957. The summed E-state index contributed by atoms with van der Waals surface area (Å²) < 4.78 is 0. The zero-order valence-electron chi connectivity index (χ0n) is 12.9. The maximum absolute atomic E-state index is 4.65. The summed E-state index contributed by atoms with van der Waals surface area (Å²) >= 11 is 1.50. The van der Waals surface area contributed by atoms with E-state index in [2.05, 4.69) is 52.9 Å². The third kappa shape index (κ3) is 4.67. The molecule has 0 unspecified atom stereocenters. The van der Waals surface area contributed by atoms with Crippen LogP contribution in [0.1, 0.15) is 39.9 Å². The highest BCUT2D eigenvalue weighted by atomic mass is 32.2. The average molecular weight is 303 g/mol. The lowest BCUT2D eigenvalue weighted by molar-refractivity contribution is 0.539. The van der Waals surface area contributed by atoms with Crippen LogP contribution in [-0.4, -0.2) is 26.5 Å². The number of nitrogens with zero attached hydrogens (tertiary/aromatic N) is 4. The minimum atomic E-state index is -0.0957. The third-order valence-electron chi connectivity index (χ3n) is 2.68. The second-order valence-electron chi connectivity index (χ2n) is 5.74. The van der Waals surface area contributed by atoms with Crippen LogP contribution >= 0.6 is 11.8 Å². The predicted octanol–water partition coefficient (Wildman–Crippen LogP) is 3.54. The van der Waals surface area contributed by atoms with Gasteiger partial charge in [0.1, 0.15) is 21.7 Å². The molecular formula is C15H21N5S. The Balaban J connectivity index is 2.30. The second kappa shape index (κ2) is 6.85. The SMILES string of the molecule is CCCNc1cc(Sc2cnccn2)nc(C(C)(C)C)n1. The summed E-state index contributed by atoms with van der Waals surface area (Å²) in [6, 6.07) is 1.96. The Kier molecular flexibility index (Phi) is 5.12. The summed E-state index contributed by atoms with van der Waals surface area (Å²) in [5, 5.41) is 5.05. The predicted molar refractivity (Wildman–Crippen MR) is 85.7 cm³/mol. The van der Waals surface area contributed by atoms with Gasteiger partial charge in [0.05, 0.1) is 6.20 Å². The molecule has 2 rings (SSSR count). The molecule has 21 heavy (non-hydrogen) atoms. The zero-order valence-corrected chi connectivity index (χ0v) is 13.7. The first kappa shape index (κ1) is 15.7. The number of hydrogen-bond donors (Lipinski definition) is 1. The molecule has 0 spiro atoms. The molecule has 0 aromatic carbocycles. The Labute approximate surface area is 130 Å². The van der Waals surface area contributed by atoms with E-state index in [-0.39, 0.29) is 5.41 Å². The second-order valence-corrected chi connectivity index (χ2v) is 6.78. The molecule has 112 valence electrons. The van der Waals surface area contributed by atoms with E-state index in [1.807, 2.05) is 6.07 Å². The van der Waals surface area contributed by atoms with Gasteiger partial charge in [-0.2, -0.15) is 0 Å². The van der Waals surface area contributed by atoms with Crippen molar-refractivity contribution in [3.05, 3.63) is 30.5 Å². The highest BCUT2D eigenvalue weighted by molar-refractivity contribution is 7.99. The Morgan fingerprint density at radius 1 is 1.14 bits per heavy atom. The Morgan fingerprint density at radius 3 is 2.57 bits per heavy atom. The van der Waals surface area contributed by atoms with Crippen molar-refractivity contribution >= 4 is 17.6 Å². The minimum Gasteiger partial charge on any atom is -0.370 e. The van der Waals surface area contributed by atoms with Crippen molar-refractivity contribution in [1.82, 2.24) is 19.9 Å². The zero-order chi connectivity index (χ0) is 15.3. The molecule has 1 N–H and O–H groups in total. The highest BCUT2D eigenvalue weighted by Crippen LogP contribution is 2.28. The quantitative estimate of drug-likeness (QED) is 0.852. The first-order chi connectivity index (χ1) is 9.99. The van der Waals surface area contributed by atoms with Crippen LogP contribution in [0, 0.1) is 0 Å². The van der Waals surface area contributed by atoms with Crippen molar-refractivity contribution in [2.75, 3.05) is 11.9 Å². The van der Waals surface area contributed by atoms with Gasteiger partial charge in [0.25, 0.3) is 0 Å². The summed E-state index contributed by atoms with van der Waals surface area (Å²) in [5.74, 6) is 1.69. The monoisotopic (exact) mass is 303 g/mol. The van der Waals surface area contributed by atoms with Crippen molar-refractivity contribution in [2.45, 2.75) is 49.6 Å². The molecule has 6 heteroatoms. The normalized spacial score (nSPS) is 11.4. The molecule has 0 aliphatic heterocycles. The van der Waals surface area contributed by atoms with E-state index >= 15 is 0 Å². The lowest BCUT2D eigenvalue weighted by Gasteiger charge is -2.18. The molecule has 0 aliphatic carbocycles.